The fraction of sp³-hybridized carbons (Fsp3) is 0.696. The minimum Gasteiger partial charge on any atom is -0.494 e. The summed E-state index contributed by atoms with van der Waals surface area (Å²) in [5, 5.41) is 6.92. The first kappa shape index (κ1) is 24.4. The van der Waals surface area contributed by atoms with Gasteiger partial charge in [-0.25, -0.2) is 0 Å². The van der Waals surface area contributed by atoms with Crippen molar-refractivity contribution in [3.05, 3.63) is 29.8 Å². The number of hydrogen-bond donors (Lipinski definition) is 2. The third kappa shape index (κ3) is 8.90. The molecule has 1 atom stereocenters. The zero-order chi connectivity index (χ0) is 21.8. The fourth-order valence-electron chi connectivity index (χ4n) is 3.58. The lowest BCUT2D eigenvalue weighted by molar-refractivity contribution is 0.00752. The van der Waals surface area contributed by atoms with Crippen LogP contribution in [0.1, 0.15) is 25.8 Å². The van der Waals surface area contributed by atoms with E-state index in [9.17, 15) is 0 Å². The van der Waals surface area contributed by atoms with Crippen molar-refractivity contribution in [1.29, 1.82) is 0 Å². The zero-order valence-electron chi connectivity index (χ0n) is 19.5. The average Bonchev–Trinajstić information content (AvgIpc) is 2.75. The number of rotatable bonds is 11. The molecule has 7 heteroatoms. The van der Waals surface area contributed by atoms with Gasteiger partial charge in [0.25, 0.3) is 0 Å². The highest BCUT2D eigenvalue weighted by Gasteiger charge is 2.23. The number of aliphatic imine (C=N–C) groups is 1. The number of hydrogen-bond acceptors (Lipinski definition) is 5. The van der Waals surface area contributed by atoms with Crippen LogP contribution < -0.4 is 15.4 Å². The number of morpholine rings is 1. The van der Waals surface area contributed by atoms with E-state index in [0.717, 1.165) is 70.7 Å². The SMILES string of the molecule is CN=C(NCc1ccc(OCCCN(C)C)cc1)NCC(C(C)C)N1CCOCC1. The molecule has 2 N–H and O–H groups in total. The summed E-state index contributed by atoms with van der Waals surface area (Å²) in [6, 6.07) is 8.75. The fourth-order valence-corrected chi connectivity index (χ4v) is 3.58. The lowest BCUT2D eigenvalue weighted by Gasteiger charge is -2.37. The molecule has 0 bridgehead atoms. The van der Waals surface area contributed by atoms with E-state index >= 15 is 0 Å². The van der Waals surface area contributed by atoms with Gasteiger partial charge in [-0.3, -0.25) is 9.89 Å². The van der Waals surface area contributed by atoms with E-state index in [4.69, 9.17) is 9.47 Å². The maximum atomic E-state index is 5.81. The Balaban J connectivity index is 1.75. The van der Waals surface area contributed by atoms with Gasteiger partial charge in [0.2, 0.25) is 0 Å². The number of nitrogens with zero attached hydrogens (tertiary/aromatic N) is 3. The Morgan fingerprint density at radius 3 is 2.47 bits per heavy atom. The molecule has 0 aliphatic carbocycles. The van der Waals surface area contributed by atoms with Gasteiger partial charge in [-0.2, -0.15) is 0 Å². The third-order valence-electron chi connectivity index (χ3n) is 5.39. The first-order chi connectivity index (χ1) is 14.5. The molecule has 0 spiro atoms. The molecule has 1 aliphatic rings. The summed E-state index contributed by atoms with van der Waals surface area (Å²) in [5.41, 5.74) is 1.20. The van der Waals surface area contributed by atoms with Crippen LogP contribution in [0, 0.1) is 5.92 Å². The Morgan fingerprint density at radius 1 is 1.17 bits per heavy atom. The van der Waals surface area contributed by atoms with Gasteiger partial charge >= 0.3 is 0 Å². The highest BCUT2D eigenvalue weighted by atomic mass is 16.5. The van der Waals surface area contributed by atoms with E-state index < -0.39 is 0 Å². The predicted molar refractivity (Wildman–Crippen MR) is 124 cm³/mol. The molecule has 0 radical (unpaired) electrons. The molecule has 0 amide bonds. The van der Waals surface area contributed by atoms with Crippen LogP contribution in [0.15, 0.2) is 29.3 Å². The van der Waals surface area contributed by atoms with Crippen LogP contribution in [-0.4, -0.2) is 88.9 Å². The molecule has 30 heavy (non-hydrogen) atoms. The summed E-state index contributed by atoms with van der Waals surface area (Å²) in [6.07, 6.45) is 1.03. The lowest BCUT2D eigenvalue weighted by Crippen LogP contribution is -2.52. The molecule has 0 aromatic heterocycles. The molecule has 170 valence electrons. The van der Waals surface area contributed by atoms with E-state index in [1.54, 1.807) is 0 Å². The second kappa shape index (κ2) is 13.5. The van der Waals surface area contributed by atoms with Gasteiger partial charge in [-0.05, 0) is 44.1 Å². The van der Waals surface area contributed by atoms with Crippen molar-refractivity contribution in [3.8, 4) is 5.75 Å². The lowest BCUT2D eigenvalue weighted by atomic mass is 10.0. The van der Waals surface area contributed by atoms with Crippen molar-refractivity contribution >= 4 is 5.96 Å². The Kier molecular flexibility index (Phi) is 11.0. The van der Waals surface area contributed by atoms with Crippen LogP contribution >= 0.6 is 0 Å². The number of guanidine groups is 1. The summed E-state index contributed by atoms with van der Waals surface area (Å²) in [5.74, 6) is 2.32. The van der Waals surface area contributed by atoms with Gasteiger partial charge in [0.1, 0.15) is 5.75 Å². The van der Waals surface area contributed by atoms with Crippen molar-refractivity contribution in [2.24, 2.45) is 10.9 Å². The second-order valence-corrected chi connectivity index (χ2v) is 8.42. The Bertz CT molecular complexity index is 613. The standard InChI is InChI=1S/C23H41N5O2/c1-19(2)22(28-12-15-29-16-13-28)18-26-23(24-3)25-17-20-7-9-21(10-8-20)30-14-6-11-27(4)5/h7-10,19,22H,6,11-18H2,1-5H3,(H2,24,25,26). The summed E-state index contributed by atoms with van der Waals surface area (Å²) < 4.78 is 11.3. The van der Waals surface area contributed by atoms with Crippen LogP contribution in [0.2, 0.25) is 0 Å². The van der Waals surface area contributed by atoms with Crippen LogP contribution in [0.25, 0.3) is 0 Å². The molecule has 1 saturated heterocycles. The molecule has 1 fully saturated rings. The normalized spacial score (nSPS) is 16.7. The molecule has 0 saturated carbocycles. The van der Waals surface area contributed by atoms with Gasteiger partial charge in [0.15, 0.2) is 5.96 Å². The third-order valence-corrected chi connectivity index (χ3v) is 5.39. The van der Waals surface area contributed by atoms with Crippen LogP contribution in [0.3, 0.4) is 0 Å². The van der Waals surface area contributed by atoms with Crippen LogP contribution in [0.4, 0.5) is 0 Å². The Labute approximate surface area is 182 Å². The summed E-state index contributed by atoms with van der Waals surface area (Å²) >= 11 is 0. The van der Waals surface area contributed by atoms with E-state index in [-0.39, 0.29) is 0 Å². The molecule has 1 aromatic rings. The number of ether oxygens (including phenoxy) is 2. The van der Waals surface area contributed by atoms with Gasteiger partial charge in [0, 0.05) is 45.8 Å². The topological polar surface area (TPSA) is 61.4 Å². The van der Waals surface area contributed by atoms with Gasteiger partial charge in [0.05, 0.1) is 19.8 Å². The molecular formula is C23H41N5O2. The van der Waals surface area contributed by atoms with Gasteiger partial charge < -0.3 is 25.0 Å². The molecular weight excluding hydrogens is 378 g/mol. The van der Waals surface area contributed by atoms with Crippen molar-refractivity contribution in [1.82, 2.24) is 20.4 Å². The van der Waals surface area contributed by atoms with E-state index in [0.29, 0.717) is 12.0 Å². The zero-order valence-corrected chi connectivity index (χ0v) is 19.5. The van der Waals surface area contributed by atoms with Gasteiger partial charge in [-0.1, -0.05) is 26.0 Å². The molecule has 1 aliphatic heterocycles. The average molecular weight is 420 g/mol. The summed E-state index contributed by atoms with van der Waals surface area (Å²) in [6.45, 7) is 11.6. The maximum Gasteiger partial charge on any atom is 0.191 e. The Hall–Kier alpha value is -1.83. The number of nitrogens with one attached hydrogen (secondary N) is 2. The quantitative estimate of drug-likeness (QED) is 0.325. The molecule has 7 nitrogen and oxygen atoms in total. The van der Waals surface area contributed by atoms with Gasteiger partial charge in [-0.15, -0.1) is 0 Å². The highest BCUT2D eigenvalue weighted by Crippen LogP contribution is 2.13. The smallest absolute Gasteiger partial charge is 0.191 e. The van der Waals surface area contributed by atoms with E-state index in [2.05, 4.69) is 65.5 Å². The minimum atomic E-state index is 0.469. The van der Waals surface area contributed by atoms with Crippen molar-refractivity contribution in [2.45, 2.75) is 32.9 Å². The number of benzene rings is 1. The first-order valence-electron chi connectivity index (χ1n) is 11.1. The van der Waals surface area contributed by atoms with E-state index in [1.807, 2.05) is 19.2 Å². The molecule has 1 unspecified atom stereocenters. The molecule has 1 aromatic carbocycles. The minimum absolute atomic E-state index is 0.469. The highest BCUT2D eigenvalue weighted by molar-refractivity contribution is 5.79. The first-order valence-corrected chi connectivity index (χ1v) is 11.1. The van der Waals surface area contributed by atoms with Crippen molar-refractivity contribution in [2.75, 3.05) is 67.1 Å². The van der Waals surface area contributed by atoms with E-state index in [1.165, 1.54) is 5.56 Å². The van der Waals surface area contributed by atoms with Crippen LogP contribution in [-0.2, 0) is 11.3 Å². The monoisotopic (exact) mass is 419 g/mol. The summed E-state index contributed by atoms with van der Waals surface area (Å²) in [4.78, 5) is 9.07. The maximum absolute atomic E-state index is 5.81. The largest absolute Gasteiger partial charge is 0.494 e. The van der Waals surface area contributed by atoms with Crippen molar-refractivity contribution < 1.29 is 9.47 Å². The summed E-state index contributed by atoms with van der Waals surface area (Å²) in [7, 11) is 5.98. The van der Waals surface area contributed by atoms with Crippen molar-refractivity contribution in [3.63, 3.8) is 0 Å². The Morgan fingerprint density at radius 2 is 1.87 bits per heavy atom. The molecule has 2 rings (SSSR count). The molecule has 1 heterocycles. The second-order valence-electron chi connectivity index (χ2n) is 8.42. The predicted octanol–water partition coefficient (Wildman–Crippen LogP) is 2.04. The van der Waals surface area contributed by atoms with Crippen LogP contribution in [0.5, 0.6) is 5.75 Å².